The predicted molar refractivity (Wildman–Crippen MR) is 121 cm³/mol. The van der Waals surface area contributed by atoms with Gasteiger partial charge in [0, 0.05) is 24.0 Å². The van der Waals surface area contributed by atoms with Crippen molar-refractivity contribution in [3.63, 3.8) is 0 Å². The Bertz CT molecular complexity index is 1100. The fourth-order valence-electron chi connectivity index (χ4n) is 3.66. The van der Waals surface area contributed by atoms with Crippen LogP contribution in [0.15, 0.2) is 46.2 Å². The number of amides is 1. The van der Waals surface area contributed by atoms with Gasteiger partial charge < -0.3 is 19.1 Å². The molecule has 0 radical (unpaired) electrons. The summed E-state index contributed by atoms with van der Waals surface area (Å²) < 4.78 is 45.4. The molecule has 2 aromatic rings. The summed E-state index contributed by atoms with van der Waals surface area (Å²) in [7, 11) is -3.87. The van der Waals surface area contributed by atoms with Crippen LogP contribution in [0.25, 0.3) is 0 Å². The molecule has 32 heavy (non-hydrogen) atoms. The minimum Gasteiger partial charge on any atom is -0.486 e. The molecule has 0 aliphatic carbocycles. The fourth-order valence-corrected chi connectivity index (χ4v) is 5.48. The summed E-state index contributed by atoms with van der Waals surface area (Å²) in [5, 5.41) is 0. The van der Waals surface area contributed by atoms with Gasteiger partial charge in [0.25, 0.3) is 5.91 Å². The van der Waals surface area contributed by atoms with E-state index in [0.29, 0.717) is 56.6 Å². The normalized spacial score (nSPS) is 17.1. The van der Waals surface area contributed by atoms with E-state index in [1.54, 1.807) is 30.0 Å². The highest BCUT2D eigenvalue weighted by molar-refractivity contribution is 7.98. The number of nitrogens with one attached hydrogen (secondary N) is 1. The molecule has 2 aliphatic rings. The molecule has 2 aromatic carbocycles. The lowest BCUT2D eigenvalue weighted by molar-refractivity contribution is 0.0300. The van der Waals surface area contributed by atoms with Crippen LogP contribution in [0.4, 0.5) is 0 Å². The smallest absolute Gasteiger partial charge is 0.255 e. The molecule has 0 spiro atoms. The molecule has 1 amide bonds. The Morgan fingerprint density at radius 1 is 1.03 bits per heavy atom. The molecule has 1 N–H and O–H groups in total. The Kier molecular flexibility index (Phi) is 6.94. The van der Waals surface area contributed by atoms with Crippen LogP contribution in [-0.2, 0) is 14.8 Å². The van der Waals surface area contributed by atoms with Gasteiger partial charge in [0.2, 0.25) is 10.0 Å². The number of ether oxygens (including phenoxy) is 3. The van der Waals surface area contributed by atoms with Crippen LogP contribution < -0.4 is 14.2 Å². The maximum absolute atomic E-state index is 13.1. The number of rotatable bonds is 6. The Labute approximate surface area is 192 Å². The highest BCUT2D eigenvalue weighted by Crippen LogP contribution is 2.33. The van der Waals surface area contributed by atoms with E-state index in [1.807, 2.05) is 12.3 Å². The summed E-state index contributed by atoms with van der Waals surface area (Å²) in [6.07, 6.45) is 1.86. The lowest BCUT2D eigenvalue weighted by Crippen LogP contribution is -2.41. The van der Waals surface area contributed by atoms with Gasteiger partial charge in [-0.2, -0.15) is 0 Å². The molecule has 1 saturated heterocycles. The summed E-state index contributed by atoms with van der Waals surface area (Å²) in [4.78, 5) is 15.5. The molecule has 172 valence electrons. The average Bonchev–Trinajstić information content (AvgIpc) is 2.83. The second kappa shape index (κ2) is 9.70. The van der Waals surface area contributed by atoms with E-state index in [1.165, 1.54) is 23.9 Å². The van der Waals surface area contributed by atoms with E-state index in [4.69, 9.17) is 14.2 Å². The fraction of sp³-hybridized carbons (Fsp3) is 0.409. The summed E-state index contributed by atoms with van der Waals surface area (Å²) in [5.41, 5.74) is 1.14. The lowest BCUT2D eigenvalue weighted by Gasteiger charge is -2.27. The highest BCUT2D eigenvalue weighted by atomic mass is 32.2. The number of carbonyl (C=O) groups is 1. The first kappa shape index (κ1) is 22.9. The summed E-state index contributed by atoms with van der Waals surface area (Å²) in [6.45, 7) is 4.65. The molecular formula is C22H26N2O6S2. The summed E-state index contributed by atoms with van der Waals surface area (Å²) in [5.74, 6) is 1.06. The van der Waals surface area contributed by atoms with Gasteiger partial charge in [-0.25, -0.2) is 13.1 Å². The Morgan fingerprint density at radius 3 is 2.47 bits per heavy atom. The van der Waals surface area contributed by atoms with E-state index in [-0.39, 0.29) is 10.8 Å². The largest absolute Gasteiger partial charge is 0.486 e. The zero-order valence-corrected chi connectivity index (χ0v) is 19.6. The van der Waals surface area contributed by atoms with Gasteiger partial charge in [0.15, 0.2) is 11.5 Å². The molecule has 0 unspecified atom stereocenters. The maximum Gasteiger partial charge on any atom is 0.255 e. The van der Waals surface area contributed by atoms with Gasteiger partial charge in [0.05, 0.1) is 23.7 Å². The summed E-state index contributed by atoms with van der Waals surface area (Å²) >= 11 is 1.41. The van der Waals surface area contributed by atoms with Crippen molar-refractivity contribution in [2.24, 2.45) is 0 Å². The van der Waals surface area contributed by atoms with Crippen LogP contribution in [-0.4, -0.2) is 65.0 Å². The van der Waals surface area contributed by atoms with Crippen molar-refractivity contribution in [2.45, 2.75) is 22.8 Å². The van der Waals surface area contributed by atoms with Crippen LogP contribution in [0, 0.1) is 0 Å². The van der Waals surface area contributed by atoms with Crippen LogP contribution in [0.3, 0.4) is 0 Å². The lowest BCUT2D eigenvalue weighted by atomic mass is 10.1. The molecule has 1 fully saturated rings. The van der Waals surface area contributed by atoms with Crippen molar-refractivity contribution in [1.29, 1.82) is 0 Å². The molecule has 10 heteroatoms. The first-order chi connectivity index (χ1) is 15.4. The molecule has 8 nitrogen and oxygen atoms in total. The number of thioether (sulfide) groups is 1. The number of morpholine rings is 1. The molecule has 1 atom stereocenters. The monoisotopic (exact) mass is 478 g/mol. The Balaban J connectivity index is 1.57. The number of carbonyl (C=O) groups excluding carboxylic acids is 1. The third kappa shape index (κ3) is 4.88. The van der Waals surface area contributed by atoms with E-state index >= 15 is 0 Å². The molecule has 2 aliphatic heterocycles. The molecule has 0 bridgehead atoms. The van der Waals surface area contributed by atoms with Gasteiger partial charge in [-0.1, -0.05) is 6.07 Å². The molecule has 2 heterocycles. The first-order valence-corrected chi connectivity index (χ1v) is 13.1. The first-order valence-electron chi connectivity index (χ1n) is 10.4. The minimum atomic E-state index is -3.87. The maximum atomic E-state index is 13.1. The van der Waals surface area contributed by atoms with Crippen molar-refractivity contribution in [2.75, 3.05) is 45.8 Å². The third-order valence-corrected chi connectivity index (χ3v) is 7.74. The molecule has 0 aromatic heterocycles. The van der Waals surface area contributed by atoms with E-state index in [9.17, 15) is 13.2 Å². The number of sulfonamides is 1. The number of fused-ring (bicyclic) bond motifs is 1. The Hall–Kier alpha value is -2.27. The van der Waals surface area contributed by atoms with Crippen LogP contribution in [0.2, 0.25) is 0 Å². The van der Waals surface area contributed by atoms with E-state index < -0.39 is 16.1 Å². The van der Waals surface area contributed by atoms with Crippen LogP contribution in [0.5, 0.6) is 11.5 Å². The highest BCUT2D eigenvalue weighted by Gasteiger charge is 2.25. The zero-order chi connectivity index (χ0) is 22.7. The van der Waals surface area contributed by atoms with Gasteiger partial charge in [-0.3, -0.25) is 4.79 Å². The molecule has 0 saturated carbocycles. The Morgan fingerprint density at radius 2 is 1.75 bits per heavy atom. The van der Waals surface area contributed by atoms with E-state index in [0.717, 1.165) is 10.5 Å². The number of nitrogens with zero attached hydrogens (tertiary/aromatic N) is 1. The van der Waals surface area contributed by atoms with Crippen molar-refractivity contribution >= 4 is 27.7 Å². The second-order valence-corrected chi connectivity index (χ2v) is 10.1. The zero-order valence-electron chi connectivity index (χ0n) is 18.0. The van der Waals surface area contributed by atoms with Crippen molar-refractivity contribution in [3.8, 4) is 11.5 Å². The SMILES string of the molecule is CSc1ccc(S(=O)(=O)N[C@@H](C)c2ccc3c(c2)OCCO3)cc1C(=O)N1CCOCC1. The van der Waals surface area contributed by atoms with Gasteiger partial charge >= 0.3 is 0 Å². The quantitative estimate of drug-likeness (QED) is 0.638. The topological polar surface area (TPSA) is 94.2 Å². The third-order valence-electron chi connectivity index (χ3n) is 5.41. The van der Waals surface area contributed by atoms with Crippen molar-refractivity contribution in [1.82, 2.24) is 9.62 Å². The van der Waals surface area contributed by atoms with Crippen LogP contribution >= 0.6 is 11.8 Å². The number of benzene rings is 2. The number of hydrogen-bond donors (Lipinski definition) is 1. The van der Waals surface area contributed by atoms with Gasteiger partial charge in [-0.05, 0) is 49.1 Å². The van der Waals surface area contributed by atoms with Crippen molar-refractivity contribution < 1.29 is 27.4 Å². The summed E-state index contributed by atoms with van der Waals surface area (Å²) in [6, 6.07) is 9.54. The second-order valence-electron chi connectivity index (χ2n) is 7.51. The van der Waals surface area contributed by atoms with Gasteiger partial charge in [-0.15, -0.1) is 11.8 Å². The number of hydrogen-bond acceptors (Lipinski definition) is 7. The predicted octanol–water partition coefficient (Wildman–Crippen LogP) is 2.69. The standard InChI is InChI=1S/C22H26N2O6S2/c1-15(16-3-5-19-20(13-16)30-12-11-29-19)23-32(26,27)17-4-6-21(31-2)18(14-17)22(25)24-7-9-28-10-8-24/h3-6,13-15,23H,7-12H2,1-2H3/t15-/m0/s1. The average molecular weight is 479 g/mol. The van der Waals surface area contributed by atoms with Gasteiger partial charge in [0.1, 0.15) is 13.2 Å². The van der Waals surface area contributed by atoms with E-state index in [2.05, 4.69) is 4.72 Å². The minimum absolute atomic E-state index is 0.0521. The van der Waals surface area contributed by atoms with Crippen LogP contribution in [0.1, 0.15) is 28.9 Å². The molecule has 4 rings (SSSR count). The van der Waals surface area contributed by atoms with Crippen molar-refractivity contribution in [3.05, 3.63) is 47.5 Å². The molecular weight excluding hydrogens is 452 g/mol.